The van der Waals surface area contributed by atoms with E-state index in [1.54, 1.807) is 0 Å². The summed E-state index contributed by atoms with van der Waals surface area (Å²) in [6, 6.07) is 2.82. The summed E-state index contributed by atoms with van der Waals surface area (Å²) >= 11 is 11.1. The molecule has 0 fully saturated rings. The van der Waals surface area contributed by atoms with Crippen LogP contribution in [0.2, 0.25) is 0 Å². The molecule has 0 aromatic carbocycles. The number of hydrogen-bond donors (Lipinski definition) is 0. The van der Waals surface area contributed by atoms with Gasteiger partial charge in [-0.1, -0.05) is 23.2 Å². The van der Waals surface area contributed by atoms with E-state index in [2.05, 4.69) is 10.1 Å². The standard InChI is InChI=1S/C7H4Cl2N4O2/c8-6(9)7-10-5-2-1-4(13(14)15)3-12(5)11-7/h1-3,6H. The van der Waals surface area contributed by atoms with Crippen molar-refractivity contribution in [2.75, 3.05) is 0 Å². The maximum absolute atomic E-state index is 10.5. The first-order valence-corrected chi connectivity index (χ1v) is 4.74. The van der Waals surface area contributed by atoms with E-state index < -0.39 is 9.76 Å². The zero-order valence-corrected chi connectivity index (χ0v) is 8.68. The number of nitrogens with zero attached hydrogens (tertiary/aromatic N) is 4. The predicted molar refractivity (Wildman–Crippen MR) is 54.1 cm³/mol. The van der Waals surface area contributed by atoms with Crippen molar-refractivity contribution >= 4 is 34.5 Å². The van der Waals surface area contributed by atoms with Gasteiger partial charge >= 0.3 is 0 Å². The molecule has 0 amide bonds. The van der Waals surface area contributed by atoms with Crippen molar-refractivity contribution in [1.82, 2.24) is 14.6 Å². The van der Waals surface area contributed by atoms with Gasteiger partial charge in [0.15, 0.2) is 16.3 Å². The van der Waals surface area contributed by atoms with E-state index in [4.69, 9.17) is 23.2 Å². The quantitative estimate of drug-likeness (QED) is 0.462. The molecule has 0 unspecified atom stereocenters. The van der Waals surface area contributed by atoms with E-state index in [9.17, 15) is 10.1 Å². The van der Waals surface area contributed by atoms with Gasteiger partial charge in [0.2, 0.25) is 0 Å². The van der Waals surface area contributed by atoms with E-state index in [1.807, 2.05) is 0 Å². The van der Waals surface area contributed by atoms with Crippen molar-refractivity contribution < 1.29 is 4.92 Å². The molecule has 2 heterocycles. The van der Waals surface area contributed by atoms with Gasteiger partial charge in [-0.3, -0.25) is 10.1 Å². The Morgan fingerprint density at radius 2 is 2.20 bits per heavy atom. The second-order valence-corrected chi connectivity index (χ2v) is 3.81. The Morgan fingerprint density at radius 3 is 2.80 bits per heavy atom. The van der Waals surface area contributed by atoms with Gasteiger partial charge in [-0.15, -0.1) is 5.10 Å². The Kier molecular flexibility index (Phi) is 2.45. The van der Waals surface area contributed by atoms with Crippen molar-refractivity contribution in [3.63, 3.8) is 0 Å². The summed E-state index contributed by atoms with van der Waals surface area (Å²) in [5, 5.41) is 14.4. The summed E-state index contributed by atoms with van der Waals surface area (Å²) in [7, 11) is 0. The highest BCUT2D eigenvalue weighted by molar-refractivity contribution is 6.43. The third-order valence-electron chi connectivity index (χ3n) is 1.74. The molecular weight excluding hydrogens is 243 g/mol. The number of aromatic nitrogens is 3. The second kappa shape index (κ2) is 3.63. The molecule has 0 spiro atoms. The zero-order valence-electron chi connectivity index (χ0n) is 7.17. The van der Waals surface area contributed by atoms with Crippen molar-refractivity contribution in [2.45, 2.75) is 4.84 Å². The molecular formula is C7H4Cl2N4O2. The molecule has 2 aromatic rings. The highest BCUT2D eigenvalue weighted by atomic mass is 35.5. The molecule has 2 rings (SSSR count). The van der Waals surface area contributed by atoms with Crippen LogP contribution in [0.3, 0.4) is 0 Å². The number of alkyl halides is 2. The topological polar surface area (TPSA) is 73.3 Å². The van der Waals surface area contributed by atoms with Crippen LogP contribution < -0.4 is 0 Å². The molecule has 0 aliphatic rings. The number of halogens is 2. The van der Waals surface area contributed by atoms with Gasteiger partial charge in [0.05, 0.1) is 4.92 Å². The molecule has 15 heavy (non-hydrogen) atoms. The van der Waals surface area contributed by atoms with Gasteiger partial charge in [-0.25, -0.2) is 9.50 Å². The van der Waals surface area contributed by atoms with Crippen molar-refractivity contribution in [3.8, 4) is 0 Å². The van der Waals surface area contributed by atoms with Crippen LogP contribution in [0.5, 0.6) is 0 Å². The molecule has 0 N–H and O–H groups in total. The first kappa shape index (κ1) is 10.1. The molecule has 0 saturated carbocycles. The Hall–Kier alpha value is -1.40. The molecule has 0 aliphatic carbocycles. The summed E-state index contributed by atoms with van der Waals surface area (Å²) in [5.74, 6) is 0.221. The minimum absolute atomic E-state index is 0.0698. The number of pyridine rings is 1. The molecule has 8 heteroatoms. The van der Waals surface area contributed by atoms with Crippen LogP contribution in [-0.2, 0) is 0 Å². The smallest absolute Gasteiger partial charge is 0.258 e. The summed E-state index contributed by atoms with van der Waals surface area (Å²) in [6.07, 6.45) is 1.25. The average Bonchev–Trinajstić information content (AvgIpc) is 2.59. The third-order valence-corrected chi connectivity index (χ3v) is 2.13. The van der Waals surface area contributed by atoms with E-state index in [0.717, 1.165) is 0 Å². The monoisotopic (exact) mass is 246 g/mol. The van der Waals surface area contributed by atoms with Crippen LogP contribution in [0.1, 0.15) is 10.7 Å². The molecule has 6 nitrogen and oxygen atoms in total. The summed E-state index contributed by atoms with van der Waals surface area (Å²) in [6.45, 7) is 0. The van der Waals surface area contributed by atoms with Crippen LogP contribution in [-0.4, -0.2) is 19.5 Å². The lowest BCUT2D eigenvalue weighted by Gasteiger charge is -1.91. The lowest BCUT2D eigenvalue weighted by Crippen LogP contribution is -1.93. The summed E-state index contributed by atoms with van der Waals surface area (Å²) in [4.78, 5) is 13.1. The molecule has 0 atom stereocenters. The largest absolute Gasteiger partial charge is 0.287 e. The second-order valence-electron chi connectivity index (χ2n) is 2.72. The molecule has 78 valence electrons. The normalized spacial score (nSPS) is 11.1. The Morgan fingerprint density at radius 1 is 1.47 bits per heavy atom. The number of rotatable bonds is 2. The third kappa shape index (κ3) is 1.86. The minimum atomic E-state index is -0.844. The Balaban J connectivity index is 2.57. The van der Waals surface area contributed by atoms with Crippen LogP contribution in [0.4, 0.5) is 5.69 Å². The molecule has 2 aromatic heterocycles. The van der Waals surface area contributed by atoms with Gasteiger partial charge in [0.1, 0.15) is 6.20 Å². The van der Waals surface area contributed by atoms with E-state index in [-0.39, 0.29) is 11.5 Å². The molecule has 0 aliphatic heterocycles. The van der Waals surface area contributed by atoms with Crippen LogP contribution in [0.15, 0.2) is 18.3 Å². The molecule has 0 saturated heterocycles. The van der Waals surface area contributed by atoms with Gasteiger partial charge in [-0.05, 0) is 6.07 Å². The fraction of sp³-hybridized carbons (Fsp3) is 0.143. The lowest BCUT2D eigenvalue weighted by atomic mass is 10.4. The summed E-state index contributed by atoms with van der Waals surface area (Å²) in [5.41, 5.74) is 0.390. The number of fused-ring (bicyclic) bond motifs is 1. The van der Waals surface area contributed by atoms with Gasteiger partial charge in [0.25, 0.3) is 5.69 Å². The molecule has 0 radical (unpaired) electrons. The van der Waals surface area contributed by atoms with Gasteiger partial charge in [-0.2, -0.15) is 0 Å². The van der Waals surface area contributed by atoms with Crippen LogP contribution >= 0.6 is 23.2 Å². The minimum Gasteiger partial charge on any atom is -0.258 e. The zero-order chi connectivity index (χ0) is 11.0. The number of hydrogen-bond acceptors (Lipinski definition) is 4. The van der Waals surface area contributed by atoms with Crippen LogP contribution in [0, 0.1) is 10.1 Å². The molecule has 0 bridgehead atoms. The maximum Gasteiger partial charge on any atom is 0.287 e. The number of nitro groups is 1. The predicted octanol–water partition coefficient (Wildman–Crippen LogP) is 2.11. The highest BCUT2D eigenvalue weighted by Gasteiger charge is 2.13. The van der Waals surface area contributed by atoms with Crippen molar-refractivity contribution in [3.05, 3.63) is 34.3 Å². The SMILES string of the molecule is O=[N+]([O-])c1ccc2nc(C(Cl)Cl)nn2c1. The Labute approximate surface area is 93.6 Å². The van der Waals surface area contributed by atoms with Crippen molar-refractivity contribution in [2.24, 2.45) is 0 Å². The van der Waals surface area contributed by atoms with Gasteiger partial charge < -0.3 is 0 Å². The Bertz CT molecular complexity index is 525. The first-order chi connectivity index (χ1) is 7.08. The highest BCUT2D eigenvalue weighted by Crippen LogP contribution is 2.22. The van der Waals surface area contributed by atoms with E-state index in [1.165, 1.54) is 22.8 Å². The average molecular weight is 247 g/mol. The van der Waals surface area contributed by atoms with E-state index in [0.29, 0.717) is 5.65 Å². The van der Waals surface area contributed by atoms with Gasteiger partial charge in [0, 0.05) is 6.07 Å². The van der Waals surface area contributed by atoms with Crippen molar-refractivity contribution in [1.29, 1.82) is 0 Å². The lowest BCUT2D eigenvalue weighted by molar-refractivity contribution is -0.385. The fourth-order valence-electron chi connectivity index (χ4n) is 1.09. The fourth-order valence-corrected chi connectivity index (χ4v) is 1.27. The summed E-state index contributed by atoms with van der Waals surface area (Å²) < 4.78 is 1.27. The maximum atomic E-state index is 10.5. The van der Waals surface area contributed by atoms with E-state index >= 15 is 0 Å². The first-order valence-electron chi connectivity index (χ1n) is 3.87. The van der Waals surface area contributed by atoms with Crippen LogP contribution in [0.25, 0.3) is 5.65 Å².